The number of hydrogen-bond acceptors (Lipinski definition) is 3. The zero-order valence-electron chi connectivity index (χ0n) is 14.8. The number of aliphatic hydroxyl groups excluding tert-OH is 1. The minimum absolute atomic E-state index is 0.127. The molecule has 6 heteroatoms. The second kappa shape index (κ2) is 7.27. The number of carbonyl (C=O) groups is 1. The van der Waals surface area contributed by atoms with Gasteiger partial charge in [-0.25, -0.2) is 8.78 Å². The van der Waals surface area contributed by atoms with Gasteiger partial charge in [-0.05, 0) is 53.6 Å². The summed E-state index contributed by atoms with van der Waals surface area (Å²) in [6, 6.07) is 8.84. The lowest BCUT2D eigenvalue weighted by molar-refractivity contribution is -0.122. The second-order valence-electron chi connectivity index (χ2n) is 7.31. The Bertz CT molecular complexity index is 865. The number of fused-ring (bicyclic) bond motifs is 1. The summed E-state index contributed by atoms with van der Waals surface area (Å²) >= 11 is 0. The maximum absolute atomic E-state index is 13.8. The monoisotopic (exact) mass is 373 g/mol. The third-order valence-corrected chi connectivity index (χ3v) is 5.38. The number of amides is 1. The molecular weight excluding hydrogens is 352 g/mol. The Kier molecular flexibility index (Phi) is 4.83. The lowest BCUT2D eigenvalue weighted by Gasteiger charge is -2.38. The van der Waals surface area contributed by atoms with Crippen molar-refractivity contribution in [3.8, 4) is 5.75 Å². The SMILES string of the molecule is O=C(Cc1ccc(F)cc1F)NC(c1ccc2c(c1)CCO2)C1CC(O)C1. The van der Waals surface area contributed by atoms with Gasteiger partial charge >= 0.3 is 0 Å². The van der Waals surface area contributed by atoms with Gasteiger partial charge in [-0.3, -0.25) is 4.79 Å². The van der Waals surface area contributed by atoms with Crippen LogP contribution in [0.2, 0.25) is 0 Å². The summed E-state index contributed by atoms with van der Waals surface area (Å²) < 4.78 is 32.4. The topological polar surface area (TPSA) is 58.6 Å². The maximum Gasteiger partial charge on any atom is 0.225 e. The molecule has 0 spiro atoms. The van der Waals surface area contributed by atoms with Gasteiger partial charge in [-0.15, -0.1) is 0 Å². The predicted molar refractivity (Wildman–Crippen MR) is 95.3 cm³/mol. The van der Waals surface area contributed by atoms with E-state index in [1.807, 2.05) is 18.2 Å². The fourth-order valence-electron chi connectivity index (χ4n) is 3.84. The number of nitrogens with one attached hydrogen (secondary N) is 1. The molecule has 2 aromatic carbocycles. The molecule has 1 saturated carbocycles. The van der Waals surface area contributed by atoms with Crippen LogP contribution in [0.25, 0.3) is 0 Å². The van der Waals surface area contributed by atoms with Crippen molar-refractivity contribution in [3.05, 3.63) is 64.7 Å². The van der Waals surface area contributed by atoms with Gasteiger partial charge in [0.25, 0.3) is 0 Å². The zero-order valence-corrected chi connectivity index (χ0v) is 14.8. The lowest BCUT2D eigenvalue weighted by atomic mass is 9.74. The third kappa shape index (κ3) is 3.81. The van der Waals surface area contributed by atoms with Crippen molar-refractivity contribution < 1.29 is 23.4 Å². The number of aliphatic hydroxyl groups is 1. The molecule has 1 amide bonds. The Hall–Kier alpha value is -2.47. The van der Waals surface area contributed by atoms with Crippen molar-refractivity contribution in [2.24, 2.45) is 5.92 Å². The first-order valence-corrected chi connectivity index (χ1v) is 9.16. The molecule has 142 valence electrons. The van der Waals surface area contributed by atoms with Crippen LogP contribution < -0.4 is 10.1 Å². The van der Waals surface area contributed by atoms with Crippen LogP contribution in [-0.4, -0.2) is 23.7 Å². The molecule has 2 N–H and O–H groups in total. The summed E-state index contributed by atoms with van der Waals surface area (Å²) in [7, 11) is 0. The molecule has 0 bridgehead atoms. The Balaban J connectivity index is 1.52. The van der Waals surface area contributed by atoms with E-state index in [-0.39, 0.29) is 36.0 Å². The van der Waals surface area contributed by atoms with Crippen molar-refractivity contribution in [3.63, 3.8) is 0 Å². The molecule has 4 nitrogen and oxygen atoms in total. The van der Waals surface area contributed by atoms with Gasteiger partial charge in [-0.2, -0.15) is 0 Å². The fourth-order valence-corrected chi connectivity index (χ4v) is 3.84. The summed E-state index contributed by atoms with van der Waals surface area (Å²) in [5.74, 6) is -0.731. The van der Waals surface area contributed by atoms with E-state index in [1.165, 1.54) is 6.07 Å². The number of ether oxygens (including phenoxy) is 1. The molecule has 1 aliphatic carbocycles. The summed E-state index contributed by atoms with van der Waals surface area (Å²) in [6.07, 6.45) is 1.55. The Morgan fingerprint density at radius 1 is 1.22 bits per heavy atom. The van der Waals surface area contributed by atoms with E-state index in [0.717, 1.165) is 35.4 Å². The van der Waals surface area contributed by atoms with Crippen LogP contribution in [-0.2, 0) is 17.6 Å². The highest BCUT2D eigenvalue weighted by atomic mass is 19.1. The molecule has 2 aromatic rings. The van der Waals surface area contributed by atoms with Crippen LogP contribution in [0.1, 0.15) is 35.6 Å². The maximum atomic E-state index is 13.8. The molecule has 0 aromatic heterocycles. The predicted octanol–water partition coefficient (Wildman–Crippen LogP) is 3.07. The smallest absolute Gasteiger partial charge is 0.225 e. The average molecular weight is 373 g/mol. The molecule has 2 aliphatic rings. The Morgan fingerprint density at radius 2 is 2.04 bits per heavy atom. The van der Waals surface area contributed by atoms with E-state index < -0.39 is 11.6 Å². The normalized spacial score (nSPS) is 21.7. The first-order chi connectivity index (χ1) is 13.0. The highest BCUT2D eigenvalue weighted by Gasteiger charge is 2.36. The first kappa shape index (κ1) is 17.9. The standard InChI is InChI=1S/C21H21F2NO3/c22-16-3-1-12(18(23)11-16)10-20(26)24-21(15-8-17(25)9-15)14-2-4-19-13(7-14)5-6-27-19/h1-4,7,11,15,17,21,25H,5-6,8-10H2,(H,24,26). The largest absolute Gasteiger partial charge is 0.493 e. The molecule has 1 unspecified atom stereocenters. The lowest BCUT2D eigenvalue weighted by Crippen LogP contribution is -2.42. The Labute approximate surface area is 156 Å². The highest BCUT2D eigenvalue weighted by molar-refractivity contribution is 5.79. The van der Waals surface area contributed by atoms with Gasteiger partial charge in [0.05, 0.1) is 25.2 Å². The second-order valence-corrected chi connectivity index (χ2v) is 7.31. The van der Waals surface area contributed by atoms with Gasteiger partial charge in [0, 0.05) is 12.5 Å². The number of halogens is 2. The molecule has 1 aliphatic heterocycles. The van der Waals surface area contributed by atoms with E-state index in [0.29, 0.717) is 19.4 Å². The van der Waals surface area contributed by atoms with E-state index in [1.54, 1.807) is 0 Å². The van der Waals surface area contributed by atoms with E-state index in [4.69, 9.17) is 4.74 Å². The third-order valence-electron chi connectivity index (χ3n) is 5.38. The van der Waals surface area contributed by atoms with Crippen molar-refractivity contribution in [2.45, 2.75) is 37.8 Å². The molecule has 0 radical (unpaired) electrons. The van der Waals surface area contributed by atoms with Crippen molar-refractivity contribution in [2.75, 3.05) is 6.61 Å². The molecule has 27 heavy (non-hydrogen) atoms. The van der Waals surface area contributed by atoms with E-state index in [9.17, 15) is 18.7 Å². The highest BCUT2D eigenvalue weighted by Crippen LogP contribution is 2.39. The van der Waals surface area contributed by atoms with Gasteiger partial charge in [0.15, 0.2) is 0 Å². The molecule has 4 rings (SSSR count). The van der Waals surface area contributed by atoms with Gasteiger partial charge in [0.2, 0.25) is 5.91 Å². The number of benzene rings is 2. The first-order valence-electron chi connectivity index (χ1n) is 9.16. The molecule has 0 saturated heterocycles. The average Bonchev–Trinajstić information content (AvgIpc) is 3.07. The molecule has 1 atom stereocenters. The number of rotatable bonds is 5. The van der Waals surface area contributed by atoms with Crippen LogP contribution in [0.3, 0.4) is 0 Å². The number of carbonyl (C=O) groups excluding carboxylic acids is 1. The summed E-state index contributed by atoms with van der Waals surface area (Å²) in [5.41, 5.74) is 2.23. The zero-order chi connectivity index (χ0) is 19.0. The fraction of sp³-hybridized carbons (Fsp3) is 0.381. The molecular formula is C21H21F2NO3. The minimum Gasteiger partial charge on any atom is -0.493 e. The minimum atomic E-state index is -0.726. The van der Waals surface area contributed by atoms with Gasteiger partial charge in [-0.1, -0.05) is 12.1 Å². The summed E-state index contributed by atoms with van der Waals surface area (Å²) in [5, 5.41) is 12.7. The van der Waals surface area contributed by atoms with Crippen LogP contribution in [0.15, 0.2) is 36.4 Å². The van der Waals surface area contributed by atoms with Gasteiger partial charge in [0.1, 0.15) is 17.4 Å². The van der Waals surface area contributed by atoms with Crippen LogP contribution in [0, 0.1) is 17.6 Å². The summed E-state index contributed by atoms with van der Waals surface area (Å²) in [4.78, 5) is 12.5. The van der Waals surface area contributed by atoms with Crippen molar-refractivity contribution in [1.29, 1.82) is 0 Å². The van der Waals surface area contributed by atoms with E-state index >= 15 is 0 Å². The van der Waals surface area contributed by atoms with E-state index in [2.05, 4.69) is 5.32 Å². The molecule has 1 fully saturated rings. The molecule has 1 heterocycles. The Morgan fingerprint density at radius 3 is 2.78 bits per heavy atom. The van der Waals surface area contributed by atoms with Crippen LogP contribution >= 0.6 is 0 Å². The number of hydrogen-bond donors (Lipinski definition) is 2. The van der Waals surface area contributed by atoms with Crippen molar-refractivity contribution in [1.82, 2.24) is 5.32 Å². The van der Waals surface area contributed by atoms with Crippen molar-refractivity contribution >= 4 is 5.91 Å². The van der Waals surface area contributed by atoms with Crippen LogP contribution in [0.5, 0.6) is 5.75 Å². The quantitative estimate of drug-likeness (QED) is 0.847. The van der Waals surface area contributed by atoms with Gasteiger partial charge < -0.3 is 15.2 Å². The summed E-state index contributed by atoms with van der Waals surface area (Å²) in [6.45, 7) is 0.655. The van der Waals surface area contributed by atoms with Crippen LogP contribution in [0.4, 0.5) is 8.78 Å².